The van der Waals surface area contributed by atoms with Crippen LogP contribution in [0.15, 0.2) is 59.5 Å². The molecule has 0 aromatic heterocycles. The molecule has 3 nitrogen and oxygen atoms in total. The van der Waals surface area contributed by atoms with Crippen molar-refractivity contribution in [2.45, 2.75) is 29.9 Å². The Labute approximate surface area is 126 Å². The molecule has 3 N–H and O–H groups in total. The molecule has 0 aliphatic carbocycles. The smallest absolute Gasteiger partial charge is 0.190 e. The van der Waals surface area contributed by atoms with Gasteiger partial charge in [-0.05, 0) is 29.2 Å². The van der Waals surface area contributed by atoms with Crippen molar-refractivity contribution in [3.05, 3.63) is 65.7 Å². The van der Waals surface area contributed by atoms with Crippen molar-refractivity contribution >= 4 is 9.84 Å². The minimum atomic E-state index is -3.40. The van der Waals surface area contributed by atoms with Crippen molar-refractivity contribution in [2.75, 3.05) is 6.54 Å². The zero-order chi connectivity index (χ0) is 15.5. The maximum Gasteiger partial charge on any atom is 0.190 e. The van der Waals surface area contributed by atoms with E-state index < -0.39 is 15.1 Å². The molecule has 0 heterocycles. The third kappa shape index (κ3) is 3.34. The van der Waals surface area contributed by atoms with Crippen molar-refractivity contribution < 1.29 is 14.2 Å². The van der Waals surface area contributed by atoms with E-state index in [0.717, 1.165) is 5.56 Å². The van der Waals surface area contributed by atoms with Crippen molar-refractivity contribution in [2.24, 2.45) is 0 Å². The van der Waals surface area contributed by atoms with Gasteiger partial charge in [-0.2, -0.15) is 0 Å². The second-order valence-corrected chi connectivity index (χ2v) is 7.59. The van der Waals surface area contributed by atoms with Gasteiger partial charge in [-0.1, -0.05) is 56.3 Å². The lowest BCUT2D eigenvalue weighted by atomic mass is 10.0. The number of sulfone groups is 1. The summed E-state index contributed by atoms with van der Waals surface area (Å²) in [6, 6.07) is 16.4. The first-order chi connectivity index (χ1) is 9.96. The molecular weight excluding hydrogens is 282 g/mol. The van der Waals surface area contributed by atoms with Crippen LogP contribution >= 0.6 is 0 Å². The molecule has 2 rings (SSSR count). The fourth-order valence-electron chi connectivity index (χ4n) is 2.37. The van der Waals surface area contributed by atoms with Gasteiger partial charge in [-0.25, -0.2) is 8.42 Å². The van der Waals surface area contributed by atoms with E-state index in [-0.39, 0.29) is 0 Å². The van der Waals surface area contributed by atoms with Gasteiger partial charge in [-0.15, -0.1) is 0 Å². The van der Waals surface area contributed by atoms with Crippen LogP contribution in [0.25, 0.3) is 0 Å². The van der Waals surface area contributed by atoms with Gasteiger partial charge in [-0.3, -0.25) is 0 Å². The van der Waals surface area contributed by atoms with E-state index in [2.05, 4.69) is 19.6 Å². The summed E-state index contributed by atoms with van der Waals surface area (Å²) in [6.45, 7) is 4.56. The van der Waals surface area contributed by atoms with E-state index in [1.807, 2.05) is 30.3 Å². The second kappa shape index (κ2) is 6.41. The van der Waals surface area contributed by atoms with E-state index >= 15 is 0 Å². The highest BCUT2D eigenvalue weighted by Crippen LogP contribution is 2.28. The summed E-state index contributed by atoms with van der Waals surface area (Å²) >= 11 is 0. The van der Waals surface area contributed by atoms with Crippen LogP contribution in [0, 0.1) is 0 Å². The first-order valence-corrected chi connectivity index (χ1v) is 8.69. The van der Waals surface area contributed by atoms with E-state index in [4.69, 9.17) is 0 Å². The number of hydrogen-bond acceptors (Lipinski definition) is 2. The molecule has 112 valence electrons. The van der Waals surface area contributed by atoms with Crippen molar-refractivity contribution in [3.63, 3.8) is 0 Å². The van der Waals surface area contributed by atoms with E-state index in [1.54, 1.807) is 24.3 Å². The predicted octanol–water partition coefficient (Wildman–Crippen LogP) is 2.57. The lowest BCUT2D eigenvalue weighted by molar-refractivity contribution is -0.367. The summed E-state index contributed by atoms with van der Waals surface area (Å²) in [5.41, 5.74) is 5.84. The van der Waals surface area contributed by atoms with Gasteiger partial charge in [0.25, 0.3) is 0 Å². The molecule has 2 aromatic carbocycles. The summed E-state index contributed by atoms with van der Waals surface area (Å²) in [4.78, 5) is 0.353. The minimum Gasteiger partial charge on any atom is -0.356 e. The van der Waals surface area contributed by atoms with Crippen molar-refractivity contribution in [1.82, 2.24) is 0 Å². The van der Waals surface area contributed by atoms with E-state index in [9.17, 15) is 8.42 Å². The quantitative estimate of drug-likeness (QED) is 0.923. The van der Waals surface area contributed by atoms with Crippen LogP contribution in [0.5, 0.6) is 0 Å². The highest BCUT2D eigenvalue weighted by atomic mass is 32.2. The molecule has 0 fully saturated rings. The summed E-state index contributed by atoms with van der Waals surface area (Å²) < 4.78 is 25.5. The van der Waals surface area contributed by atoms with Gasteiger partial charge < -0.3 is 5.73 Å². The first-order valence-electron chi connectivity index (χ1n) is 7.15. The van der Waals surface area contributed by atoms with Gasteiger partial charge in [0.1, 0.15) is 5.25 Å². The molecule has 0 aliphatic heterocycles. The Morgan fingerprint density at radius 1 is 0.905 bits per heavy atom. The maximum absolute atomic E-state index is 12.7. The maximum atomic E-state index is 12.7. The van der Waals surface area contributed by atoms with Gasteiger partial charge in [0, 0.05) is 0 Å². The van der Waals surface area contributed by atoms with Crippen molar-refractivity contribution in [1.29, 1.82) is 0 Å². The van der Waals surface area contributed by atoms with E-state index in [0.29, 0.717) is 17.4 Å². The average Bonchev–Trinajstić information content (AvgIpc) is 2.49. The second-order valence-electron chi connectivity index (χ2n) is 5.46. The van der Waals surface area contributed by atoms with Crippen LogP contribution in [0.4, 0.5) is 0 Å². The molecular formula is C17H22NO2S+. The lowest BCUT2D eigenvalue weighted by Crippen LogP contribution is -2.54. The summed E-state index contributed by atoms with van der Waals surface area (Å²) in [7, 11) is -3.40. The van der Waals surface area contributed by atoms with E-state index in [1.165, 1.54) is 5.56 Å². The molecule has 2 aromatic rings. The van der Waals surface area contributed by atoms with Crippen LogP contribution in [0.2, 0.25) is 0 Å². The number of quaternary nitrogens is 1. The fraction of sp³-hybridized carbons (Fsp3) is 0.294. The SMILES string of the molecule is CC(C)c1ccc([C@H](C[NH3+])S(=O)(=O)c2ccccc2)cc1. The Morgan fingerprint density at radius 2 is 1.43 bits per heavy atom. The Balaban J connectivity index is 2.40. The highest BCUT2D eigenvalue weighted by molar-refractivity contribution is 7.91. The minimum absolute atomic E-state index is 0.318. The normalized spacial score (nSPS) is 13.3. The molecule has 0 saturated heterocycles. The summed E-state index contributed by atoms with van der Waals surface area (Å²) in [5, 5.41) is -0.596. The summed E-state index contributed by atoms with van der Waals surface area (Å²) in [5.74, 6) is 0.433. The largest absolute Gasteiger partial charge is 0.356 e. The Kier molecular flexibility index (Phi) is 4.80. The van der Waals surface area contributed by atoms with Crippen LogP contribution in [0.1, 0.15) is 36.1 Å². The molecule has 0 aliphatic rings. The molecule has 1 atom stereocenters. The number of benzene rings is 2. The van der Waals surface area contributed by atoms with Crippen molar-refractivity contribution in [3.8, 4) is 0 Å². The summed E-state index contributed by atoms with van der Waals surface area (Å²) in [6.07, 6.45) is 0. The molecule has 0 bridgehead atoms. The predicted molar refractivity (Wildman–Crippen MR) is 84.7 cm³/mol. The first kappa shape index (κ1) is 15.7. The van der Waals surface area contributed by atoms with Gasteiger partial charge in [0.2, 0.25) is 0 Å². The zero-order valence-electron chi connectivity index (χ0n) is 12.5. The fourth-order valence-corrected chi connectivity index (χ4v) is 4.06. The standard InChI is InChI=1S/C17H21NO2S/c1-13(2)14-8-10-15(11-9-14)17(12-18)21(19,20)16-6-4-3-5-7-16/h3-11,13,17H,12,18H2,1-2H3/p+1/t17-/m0/s1. The van der Waals surface area contributed by atoms with Crippen LogP contribution < -0.4 is 5.73 Å². The molecule has 0 radical (unpaired) electrons. The number of rotatable bonds is 5. The Bertz CT molecular complexity index is 676. The average molecular weight is 304 g/mol. The molecule has 0 spiro atoms. The van der Waals surface area contributed by atoms with Crippen LogP contribution in [0.3, 0.4) is 0 Å². The van der Waals surface area contributed by atoms with Crippen LogP contribution in [-0.2, 0) is 9.84 Å². The van der Waals surface area contributed by atoms with Gasteiger partial charge in [0.15, 0.2) is 9.84 Å². The molecule has 4 heteroatoms. The number of hydrogen-bond donors (Lipinski definition) is 1. The third-order valence-corrected chi connectivity index (χ3v) is 5.87. The molecule has 0 unspecified atom stereocenters. The highest BCUT2D eigenvalue weighted by Gasteiger charge is 2.29. The lowest BCUT2D eigenvalue weighted by Gasteiger charge is -2.16. The monoisotopic (exact) mass is 304 g/mol. The molecule has 0 amide bonds. The topological polar surface area (TPSA) is 61.8 Å². The molecule has 21 heavy (non-hydrogen) atoms. The zero-order valence-corrected chi connectivity index (χ0v) is 13.3. The Morgan fingerprint density at radius 3 is 1.90 bits per heavy atom. The van der Waals surface area contributed by atoms with Crippen LogP contribution in [-0.4, -0.2) is 15.0 Å². The van der Waals surface area contributed by atoms with Gasteiger partial charge >= 0.3 is 0 Å². The Hall–Kier alpha value is -1.65. The third-order valence-electron chi connectivity index (χ3n) is 3.68. The van der Waals surface area contributed by atoms with Gasteiger partial charge in [0.05, 0.1) is 11.4 Å². The molecule has 0 saturated carbocycles.